The van der Waals surface area contributed by atoms with Gasteiger partial charge in [-0.3, -0.25) is 4.98 Å². The number of pyridine rings is 1. The summed E-state index contributed by atoms with van der Waals surface area (Å²) in [4.78, 5) is 14.5. The molecule has 0 atom stereocenters. The maximum absolute atomic E-state index is 6.76. The van der Waals surface area contributed by atoms with Crippen LogP contribution in [-0.4, -0.2) is 15.0 Å². The molecule has 0 saturated heterocycles. The molecule has 11 aromatic rings. The molecule has 0 N–H and O–H groups in total. The van der Waals surface area contributed by atoms with Crippen molar-refractivity contribution in [2.75, 3.05) is 0 Å². The van der Waals surface area contributed by atoms with Gasteiger partial charge in [0.25, 0.3) is 0 Å². The maximum Gasteiger partial charge on any atom is 0.160 e. The molecule has 0 radical (unpaired) electrons. The molecule has 11 rings (SSSR count). The summed E-state index contributed by atoms with van der Waals surface area (Å²) in [5.74, 6) is 0.678. The molecule has 4 nitrogen and oxygen atoms in total. The highest BCUT2D eigenvalue weighted by Crippen LogP contribution is 2.46. The van der Waals surface area contributed by atoms with Gasteiger partial charge in [0.1, 0.15) is 11.2 Å². The molecule has 0 spiro atoms. The van der Waals surface area contributed by atoms with Crippen molar-refractivity contribution in [3.05, 3.63) is 188 Å². The Morgan fingerprint density at radius 3 is 1.88 bits per heavy atom. The number of furan rings is 1. The lowest BCUT2D eigenvalue weighted by molar-refractivity contribution is 0.670. The lowest BCUT2D eigenvalue weighted by atomic mass is 9.92. The lowest BCUT2D eigenvalue weighted by Crippen LogP contribution is -1.96. The van der Waals surface area contributed by atoms with Crippen molar-refractivity contribution >= 4 is 53.4 Å². The highest BCUT2D eigenvalue weighted by Gasteiger charge is 2.20. The number of hydrogen-bond donors (Lipinski definition) is 0. The van der Waals surface area contributed by atoms with Crippen molar-refractivity contribution < 1.29 is 4.42 Å². The molecule has 262 valence electrons. The number of para-hydroxylation sites is 1. The molecule has 4 aromatic heterocycles. The Kier molecular flexibility index (Phi) is 7.64. The first-order chi connectivity index (χ1) is 27.7. The van der Waals surface area contributed by atoms with E-state index in [0.29, 0.717) is 5.82 Å². The van der Waals surface area contributed by atoms with E-state index < -0.39 is 0 Å². The molecular formula is C51H31N3OS. The van der Waals surface area contributed by atoms with Crippen molar-refractivity contribution in [1.29, 1.82) is 0 Å². The standard InChI is InChI=1S/C51H31N3OS/c1-2-10-34(11-3-1)43-31-44(54-51(53-43)37-13-8-12-36(30-37)32-26-28-52-29-27-32)35-22-20-33(21-23-35)38-24-25-40(50-49(38)41-14-4-6-17-45(41)55-50)39-16-9-19-47-48(39)42-15-5-7-18-46(42)56-47/h1-31H. The molecule has 0 bridgehead atoms. The van der Waals surface area contributed by atoms with Crippen molar-refractivity contribution in [2.24, 2.45) is 0 Å². The van der Waals surface area contributed by atoms with Gasteiger partial charge in [-0.25, -0.2) is 9.97 Å². The minimum absolute atomic E-state index is 0.678. The first kappa shape index (κ1) is 32.2. The van der Waals surface area contributed by atoms with E-state index in [1.54, 1.807) is 0 Å². The number of rotatable bonds is 6. The summed E-state index contributed by atoms with van der Waals surface area (Å²) in [5, 5.41) is 4.77. The fourth-order valence-electron chi connectivity index (χ4n) is 7.96. The molecule has 0 aliphatic carbocycles. The van der Waals surface area contributed by atoms with E-state index in [2.05, 4.69) is 145 Å². The van der Waals surface area contributed by atoms with E-state index in [9.17, 15) is 0 Å². The Morgan fingerprint density at radius 2 is 1.04 bits per heavy atom. The molecule has 0 saturated carbocycles. The van der Waals surface area contributed by atoms with Crippen LogP contribution in [0, 0.1) is 0 Å². The Labute approximate surface area is 327 Å². The van der Waals surface area contributed by atoms with Crippen LogP contribution in [0.5, 0.6) is 0 Å². The second-order valence-electron chi connectivity index (χ2n) is 14.0. The minimum atomic E-state index is 0.678. The summed E-state index contributed by atoms with van der Waals surface area (Å²) in [6, 6.07) is 61.7. The third-order valence-corrected chi connectivity index (χ3v) is 11.8. The second-order valence-corrected chi connectivity index (χ2v) is 15.0. The van der Waals surface area contributed by atoms with Gasteiger partial charge < -0.3 is 4.42 Å². The van der Waals surface area contributed by atoms with Crippen LogP contribution in [-0.2, 0) is 0 Å². The maximum atomic E-state index is 6.76. The predicted molar refractivity (Wildman–Crippen MR) is 233 cm³/mol. The topological polar surface area (TPSA) is 51.8 Å². The van der Waals surface area contributed by atoms with Gasteiger partial charge in [0, 0.05) is 65.6 Å². The van der Waals surface area contributed by atoms with Crippen LogP contribution < -0.4 is 0 Å². The van der Waals surface area contributed by atoms with Crippen molar-refractivity contribution in [1.82, 2.24) is 15.0 Å². The smallest absolute Gasteiger partial charge is 0.160 e. The summed E-state index contributed by atoms with van der Waals surface area (Å²) in [6.45, 7) is 0. The summed E-state index contributed by atoms with van der Waals surface area (Å²) in [7, 11) is 0. The van der Waals surface area contributed by atoms with E-state index in [0.717, 1.165) is 77.8 Å². The number of fused-ring (bicyclic) bond motifs is 6. The zero-order valence-corrected chi connectivity index (χ0v) is 30.9. The average molecular weight is 734 g/mol. The van der Waals surface area contributed by atoms with Gasteiger partial charge in [0.15, 0.2) is 5.82 Å². The fourth-order valence-corrected chi connectivity index (χ4v) is 9.10. The van der Waals surface area contributed by atoms with Gasteiger partial charge in [-0.1, -0.05) is 127 Å². The molecule has 0 fully saturated rings. The van der Waals surface area contributed by atoms with Crippen LogP contribution in [0.3, 0.4) is 0 Å². The third kappa shape index (κ3) is 5.48. The van der Waals surface area contributed by atoms with Crippen LogP contribution in [0.2, 0.25) is 0 Å². The number of benzene rings is 7. The summed E-state index contributed by atoms with van der Waals surface area (Å²) < 4.78 is 9.33. The Bertz CT molecular complexity index is 3240. The second kappa shape index (κ2) is 13.3. The molecule has 0 unspecified atom stereocenters. The quantitative estimate of drug-likeness (QED) is 0.171. The van der Waals surface area contributed by atoms with Gasteiger partial charge in [0.05, 0.1) is 11.4 Å². The fraction of sp³-hybridized carbons (Fsp3) is 0. The van der Waals surface area contributed by atoms with Gasteiger partial charge >= 0.3 is 0 Å². The number of thiophene rings is 1. The average Bonchev–Trinajstić information content (AvgIpc) is 3.86. The number of aromatic nitrogens is 3. The lowest BCUT2D eigenvalue weighted by Gasteiger charge is -2.12. The largest absolute Gasteiger partial charge is 0.455 e. The Morgan fingerprint density at radius 1 is 0.393 bits per heavy atom. The molecule has 0 amide bonds. The molecule has 0 aliphatic rings. The van der Waals surface area contributed by atoms with Crippen molar-refractivity contribution in [3.63, 3.8) is 0 Å². The van der Waals surface area contributed by atoms with Crippen LogP contribution >= 0.6 is 11.3 Å². The number of hydrogen-bond acceptors (Lipinski definition) is 5. The van der Waals surface area contributed by atoms with Gasteiger partial charge in [-0.05, 0) is 76.3 Å². The highest BCUT2D eigenvalue weighted by molar-refractivity contribution is 7.25. The van der Waals surface area contributed by atoms with Crippen LogP contribution in [0.25, 0.3) is 109 Å². The number of nitrogens with zero attached hydrogens (tertiary/aromatic N) is 3. The Balaban J connectivity index is 1.04. The van der Waals surface area contributed by atoms with Crippen molar-refractivity contribution in [3.8, 4) is 67.3 Å². The molecule has 7 aromatic carbocycles. The molecular weight excluding hydrogens is 703 g/mol. The SMILES string of the molecule is c1ccc(-c2cc(-c3ccc(-c4ccc(-c5cccc6sc7ccccc7c56)c5oc6ccccc6c45)cc3)nc(-c3cccc(-c4ccncc4)c3)n2)cc1. The van der Waals surface area contributed by atoms with Crippen LogP contribution in [0.4, 0.5) is 0 Å². The van der Waals surface area contributed by atoms with E-state index in [-0.39, 0.29) is 0 Å². The molecule has 5 heteroatoms. The molecule has 56 heavy (non-hydrogen) atoms. The molecule has 4 heterocycles. The van der Waals surface area contributed by atoms with Gasteiger partial charge in [-0.2, -0.15) is 0 Å². The summed E-state index contributed by atoms with van der Waals surface area (Å²) in [6.07, 6.45) is 3.63. The van der Waals surface area contributed by atoms with E-state index >= 15 is 0 Å². The van der Waals surface area contributed by atoms with Crippen LogP contribution in [0.15, 0.2) is 193 Å². The Hall–Kier alpha value is -7.21. The zero-order chi connectivity index (χ0) is 37.0. The van der Waals surface area contributed by atoms with E-state index in [1.165, 1.54) is 25.7 Å². The normalized spacial score (nSPS) is 11.6. The summed E-state index contributed by atoms with van der Waals surface area (Å²) >= 11 is 1.84. The van der Waals surface area contributed by atoms with Gasteiger partial charge in [-0.15, -0.1) is 11.3 Å². The third-order valence-electron chi connectivity index (χ3n) is 10.6. The first-order valence-electron chi connectivity index (χ1n) is 18.7. The van der Waals surface area contributed by atoms with Crippen molar-refractivity contribution in [2.45, 2.75) is 0 Å². The molecule has 0 aliphatic heterocycles. The van der Waals surface area contributed by atoms with E-state index in [4.69, 9.17) is 14.4 Å². The zero-order valence-electron chi connectivity index (χ0n) is 30.1. The minimum Gasteiger partial charge on any atom is -0.455 e. The van der Waals surface area contributed by atoms with Crippen LogP contribution in [0.1, 0.15) is 0 Å². The van der Waals surface area contributed by atoms with Gasteiger partial charge in [0.2, 0.25) is 0 Å². The predicted octanol–water partition coefficient (Wildman–Crippen LogP) is 14.1. The van der Waals surface area contributed by atoms with E-state index in [1.807, 2.05) is 60.1 Å². The first-order valence-corrected chi connectivity index (χ1v) is 19.5. The summed E-state index contributed by atoms with van der Waals surface area (Å²) in [5.41, 5.74) is 13.2. The highest BCUT2D eigenvalue weighted by atomic mass is 32.1. The monoisotopic (exact) mass is 733 g/mol.